The van der Waals surface area contributed by atoms with Gasteiger partial charge in [-0.25, -0.2) is 0 Å². The second kappa shape index (κ2) is 4.33. The van der Waals surface area contributed by atoms with E-state index in [4.69, 9.17) is 5.73 Å². The van der Waals surface area contributed by atoms with Crippen LogP contribution in [0.5, 0.6) is 0 Å². The summed E-state index contributed by atoms with van der Waals surface area (Å²) >= 11 is 0. The monoisotopic (exact) mass is 205 g/mol. The lowest BCUT2D eigenvalue weighted by molar-refractivity contribution is 0.121. The molecule has 1 aliphatic carbocycles. The average molecular weight is 205 g/mol. The Morgan fingerprint density at radius 1 is 1.47 bits per heavy atom. The Labute approximate surface area is 91.1 Å². The van der Waals surface area contributed by atoms with Crippen molar-refractivity contribution in [2.24, 2.45) is 11.7 Å². The molecule has 1 saturated carbocycles. The Hall–Kier alpha value is -0.860. The topological polar surface area (TPSA) is 46.2 Å². The molecule has 1 aliphatic rings. The maximum absolute atomic E-state index is 10.0. The van der Waals surface area contributed by atoms with Crippen LogP contribution in [0.15, 0.2) is 24.3 Å². The Morgan fingerprint density at radius 3 is 2.80 bits per heavy atom. The third kappa shape index (κ3) is 2.39. The maximum atomic E-state index is 10.0. The summed E-state index contributed by atoms with van der Waals surface area (Å²) in [5.74, 6) is 0.866. The van der Waals surface area contributed by atoms with Crippen molar-refractivity contribution < 1.29 is 5.11 Å². The minimum absolute atomic E-state index is 0.124. The van der Waals surface area contributed by atoms with Gasteiger partial charge < -0.3 is 10.8 Å². The van der Waals surface area contributed by atoms with Crippen molar-refractivity contribution in [3.8, 4) is 0 Å². The smallest absolute Gasteiger partial charge is 0.0827 e. The highest BCUT2D eigenvalue weighted by Gasteiger charge is 2.24. The first-order valence-corrected chi connectivity index (χ1v) is 5.70. The van der Waals surface area contributed by atoms with Crippen molar-refractivity contribution >= 4 is 0 Å². The summed E-state index contributed by atoms with van der Waals surface area (Å²) in [6.07, 6.45) is 2.17. The van der Waals surface area contributed by atoms with Crippen LogP contribution in [0.25, 0.3) is 0 Å². The van der Waals surface area contributed by atoms with Gasteiger partial charge in [0.2, 0.25) is 0 Å². The third-order valence-electron chi connectivity index (χ3n) is 3.21. The summed E-state index contributed by atoms with van der Waals surface area (Å²) in [6, 6.07) is 8.31. The van der Waals surface area contributed by atoms with Crippen molar-refractivity contribution in [2.45, 2.75) is 31.8 Å². The number of rotatable bonds is 4. The minimum Gasteiger partial charge on any atom is -0.388 e. The van der Waals surface area contributed by atoms with Gasteiger partial charge in [0.25, 0.3) is 0 Å². The molecule has 0 spiro atoms. The van der Waals surface area contributed by atoms with Crippen molar-refractivity contribution in [3.05, 3.63) is 35.4 Å². The summed E-state index contributed by atoms with van der Waals surface area (Å²) in [4.78, 5) is 0. The molecule has 0 radical (unpaired) electrons. The zero-order chi connectivity index (χ0) is 10.8. The van der Waals surface area contributed by atoms with Crippen LogP contribution in [0.4, 0.5) is 0 Å². The lowest BCUT2D eigenvalue weighted by atomic mass is 9.95. The highest BCUT2D eigenvalue weighted by Crippen LogP contribution is 2.40. The van der Waals surface area contributed by atoms with Gasteiger partial charge in [0.1, 0.15) is 0 Å². The predicted octanol–water partition coefficient (Wildman–Crippen LogP) is 2.19. The Kier molecular flexibility index (Phi) is 3.08. The summed E-state index contributed by atoms with van der Waals surface area (Å²) < 4.78 is 0. The molecule has 82 valence electrons. The number of hydrogen-bond donors (Lipinski definition) is 2. The number of aliphatic hydroxyl groups excluding tert-OH is 1. The molecule has 2 nitrogen and oxygen atoms in total. The molecule has 2 unspecified atom stereocenters. The fraction of sp³-hybridized carbons (Fsp3) is 0.538. The number of hydrogen-bond acceptors (Lipinski definition) is 2. The second-order valence-corrected chi connectivity index (χ2v) is 4.60. The molecule has 2 rings (SSSR count). The third-order valence-corrected chi connectivity index (χ3v) is 3.21. The van der Waals surface area contributed by atoms with Crippen LogP contribution in [0, 0.1) is 5.92 Å². The van der Waals surface area contributed by atoms with Gasteiger partial charge in [0.05, 0.1) is 6.10 Å². The van der Waals surface area contributed by atoms with Gasteiger partial charge in [-0.1, -0.05) is 31.2 Å². The molecule has 0 aromatic heterocycles. The minimum atomic E-state index is -0.423. The molecule has 2 heteroatoms. The molecular weight excluding hydrogens is 186 g/mol. The Balaban J connectivity index is 2.16. The number of nitrogens with two attached hydrogens (primary N) is 1. The van der Waals surface area contributed by atoms with Crippen LogP contribution in [0.3, 0.4) is 0 Å². The number of aliphatic hydroxyl groups is 1. The van der Waals surface area contributed by atoms with Gasteiger partial charge in [-0.05, 0) is 42.3 Å². The highest BCUT2D eigenvalue weighted by atomic mass is 16.3. The quantitative estimate of drug-likeness (QED) is 0.791. The average Bonchev–Trinajstić information content (AvgIpc) is 3.11. The maximum Gasteiger partial charge on any atom is 0.0827 e. The van der Waals surface area contributed by atoms with E-state index in [1.54, 1.807) is 0 Å². The molecule has 15 heavy (non-hydrogen) atoms. The fourth-order valence-corrected chi connectivity index (χ4v) is 1.87. The van der Waals surface area contributed by atoms with Crippen LogP contribution in [0.1, 0.15) is 42.9 Å². The zero-order valence-corrected chi connectivity index (χ0v) is 9.19. The summed E-state index contributed by atoms with van der Waals surface area (Å²) in [7, 11) is 0. The van der Waals surface area contributed by atoms with Crippen molar-refractivity contribution in [3.63, 3.8) is 0 Å². The van der Waals surface area contributed by atoms with Gasteiger partial charge in [0.15, 0.2) is 0 Å². The van der Waals surface area contributed by atoms with Gasteiger partial charge >= 0.3 is 0 Å². The summed E-state index contributed by atoms with van der Waals surface area (Å²) in [6.45, 7) is 2.50. The van der Waals surface area contributed by atoms with E-state index in [9.17, 15) is 5.11 Å². The van der Waals surface area contributed by atoms with E-state index in [2.05, 4.69) is 12.1 Å². The molecule has 0 bridgehead atoms. The van der Waals surface area contributed by atoms with E-state index in [1.165, 1.54) is 18.4 Å². The van der Waals surface area contributed by atoms with Gasteiger partial charge in [0, 0.05) is 0 Å². The van der Waals surface area contributed by atoms with Gasteiger partial charge in [-0.2, -0.15) is 0 Å². The lowest BCUT2D eigenvalue weighted by Crippen LogP contribution is -2.18. The van der Waals surface area contributed by atoms with Gasteiger partial charge in [-0.15, -0.1) is 0 Å². The lowest BCUT2D eigenvalue weighted by Gasteiger charge is -2.18. The molecule has 0 saturated heterocycles. The van der Waals surface area contributed by atoms with E-state index >= 15 is 0 Å². The van der Waals surface area contributed by atoms with E-state index in [0.717, 1.165) is 11.5 Å². The molecule has 0 aliphatic heterocycles. The van der Waals surface area contributed by atoms with Crippen molar-refractivity contribution in [2.75, 3.05) is 6.54 Å². The molecule has 1 fully saturated rings. The molecule has 1 aromatic rings. The van der Waals surface area contributed by atoms with Crippen LogP contribution >= 0.6 is 0 Å². The first-order valence-electron chi connectivity index (χ1n) is 5.70. The largest absolute Gasteiger partial charge is 0.388 e. The Bertz CT molecular complexity index is 333. The molecule has 2 atom stereocenters. The normalized spacial score (nSPS) is 19.9. The van der Waals surface area contributed by atoms with Crippen LogP contribution in [-0.2, 0) is 0 Å². The first-order chi connectivity index (χ1) is 7.22. The zero-order valence-electron chi connectivity index (χ0n) is 9.19. The predicted molar refractivity (Wildman–Crippen MR) is 61.6 cm³/mol. The van der Waals surface area contributed by atoms with E-state index < -0.39 is 6.10 Å². The van der Waals surface area contributed by atoms with Crippen LogP contribution < -0.4 is 5.73 Å². The van der Waals surface area contributed by atoms with Crippen molar-refractivity contribution in [1.29, 1.82) is 0 Å². The standard InChI is InChI=1S/C13H19NO/c1-9(8-14)13(15)12-4-2-3-11(7-12)10-5-6-10/h2-4,7,9-10,13,15H,5-6,8,14H2,1H3. The van der Waals surface area contributed by atoms with E-state index in [1.807, 2.05) is 19.1 Å². The summed E-state index contributed by atoms with van der Waals surface area (Å²) in [5, 5.41) is 10.0. The van der Waals surface area contributed by atoms with E-state index in [0.29, 0.717) is 6.54 Å². The molecule has 3 N–H and O–H groups in total. The molecular formula is C13H19NO. The number of benzene rings is 1. The molecule has 0 amide bonds. The fourth-order valence-electron chi connectivity index (χ4n) is 1.87. The van der Waals surface area contributed by atoms with Crippen LogP contribution in [-0.4, -0.2) is 11.7 Å². The van der Waals surface area contributed by atoms with Gasteiger partial charge in [-0.3, -0.25) is 0 Å². The highest BCUT2D eigenvalue weighted by molar-refractivity contribution is 5.30. The summed E-state index contributed by atoms with van der Waals surface area (Å²) in [5.41, 5.74) is 7.94. The SMILES string of the molecule is CC(CN)C(O)c1cccc(C2CC2)c1. The van der Waals surface area contributed by atoms with Crippen molar-refractivity contribution in [1.82, 2.24) is 0 Å². The second-order valence-electron chi connectivity index (χ2n) is 4.60. The molecule has 1 aromatic carbocycles. The van der Waals surface area contributed by atoms with E-state index in [-0.39, 0.29) is 5.92 Å². The Morgan fingerprint density at radius 2 is 2.20 bits per heavy atom. The molecule has 0 heterocycles. The first kappa shape index (κ1) is 10.7. The van der Waals surface area contributed by atoms with Crippen LogP contribution in [0.2, 0.25) is 0 Å².